The Morgan fingerprint density at radius 3 is 2.76 bits per heavy atom. The molecule has 0 aliphatic carbocycles. The number of hydrogen-bond donors (Lipinski definition) is 1. The van der Waals surface area contributed by atoms with E-state index in [0.717, 1.165) is 10.6 Å². The Kier molecular flexibility index (Phi) is 5.57. The summed E-state index contributed by atoms with van der Waals surface area (Å²) in [6.45, 7) is 2.75. The Morgan fingerprint density at radius 1 is 1.24 bits per heavy atom. The van der Waals surface area contributed by atoms with Gasteiger partial charge in [-0.2, -0.15) is 0 Å². The fourth-order valence-electron chi connectivity index (χ4n) is 3.38. The number of anilines is 2. The van der Waals surface area contributed by atoms with Crippen LogP contribution in [-0.4, -0.2) is 29.9 Å². The third-order valence-electron chi connectivity index (χ3n) is 4.78. The predicted octanol–water partition coefficient (Wildman–Crippen LogP) is 4.20. The molecule has 1 unspecified atom stereocenters. The molecule has 0 saturated carbocycles. The number of rotatable bonds is 6. The van der Waals surface area contributed by atoms with Crippen LogP contribution in [0.2, 0.25) is 0 Å². The first-order valence-electron chi connectivity index (χ1n) is 9.48. The first-order chi connectivity index (χ1) is 14.2. The fourth-order valence-corrected chi connectivity index (χ4v) is 4.02. The third-order valence-corrected chi connectivity index (χ3v) is 5.61. The number of ether oxygens (including phenoxy) is 1. The SMILES string of the molecule is CCOc1ccccc1N1CC(C(=O)Nc2ccc(-c3nccs3)cc2)CC1=O. The molecule has 29 heavy (non-hydrogen) atoms. The maximum absolute atomic E-state index is 12.7. The van der Waals surface area contributed by atoms with Crippen LogP contribution in [0.5, 0.6) is 5.75 Å². The molecular weight excluding hydrogens is 386 g/mol. The smallest absolute Gasteiger partial charge is 0.229 e. The number of para-hydroxylation sites is 2. The van der Waals surface area contributed by atoms with Gasteiger partial charge in [-0.25, -0.2) is 4.98 Å². The minimum Gasteiger partial charge on any atom is -0.492 e. The summed E-state index contributed by atoms with van der Waals surface area (Å²) in [4.78, 5) is 31.2. The zero-order valence-corrected chi connectivity index (χ0v) is 16.8. The zero-order chi connectivity index (χ0) is 20.2. The van der Waals surface area contributed by atoms with Crippen molar-refractivity contribution >= 4 is 34.5 Å². The summed E-state index contributed by atoms with van der Waals surface area (Å²) in [6, 6.07) is 15.0. The van der Waals surface area contributed by atoms with Crippen LogP contribution in [0.15, 0.2) is 60.1 Å². The average molecular weight is 407 g/mol. The van der Waals surface area contributed by atoms with E-state index in [4.69, 9.17) is 4.74 Å². The highest BCUT2D eigenvalue weighted by Gasteiger charge is 2.36. The number of hydrogen-bond acceptors (Lipinski definition) is 5. The molecule has 148 valence electrons. The van der Waals surface area contributed by atoms with Gasteiger partial charge in [0.05, 0.1) is 18.2 Å². The van der Waals surface area contributed by atoms with E-state index in [1.54, 1.807) is 22.4 Å². The van der Waals surface area contributed by atoms with Gasteiger partial charge in [-0.05, 0) is 43.3 Å². The molecule has 0 spiro atoms. The number of benzene rings is 2. The van der Waals surface area contributed by atoms with Gasteiger partial charge in [0.15, 0.2) is 0 Å². The van der Waals surface area contributed by atoms with Gasteiger partial charge in [0, 0.05) is 35.8 Å². The van der Waals surface area contributed by atoms with E-state index < -0.39 is 5.92 Å². The molecule has 0 bridgehead atoms. The molecule has 1 aromatic heterocycles. The Labute approximate surface area is 173 Å². The standard InChI is InChI=1S/C22H21N3O3S/c1-2-28-19-6-4-3-5-18(19)25-14-16(13-20(25)26)21(27)24-17-9-7-15(8-10-17)22-23-11-12-29-22/h3-12,16H,2,13-14H2,1H3,(H,24,27). The molecule has 0 radical (unpaired) electrons. The number of nitrogens with zero attached hydrogens (tertiary/aromatic N) is 2. The quantitative estimate of drug-likeness (QED) is 0.665. The highest BCUT2D eigenvalue weighted by Crippen LogP contribution is 2.33. The summed E-state index contributed by atoms with van der Waals surface area (Å²) in [7, 11) is 0. The fraction of sp³-hybridized carbons (Fsp3) is 0.227. The predicted molar refractivity (Wildman–Crippen MR) is 114 cm³/mol. The van der Waals surface area contributed by atoms with Gasteiger partial charge < -0.3 is 15.0 Å². The second kappa shape index (κ2) is 8.45. The lowest BCUT2D eigenvalue weighted by molar-refractivity contribution is -0.122. The average Bonchev–Trinajstić information content (AvgIpc) is 3.39. The summed E-state index contributed by atoms with van der Waals surface area (Å²) in [5, 5.41) is 5.79. The van der Waals surface area contributed by atoms with E-state index in [1.807, 2.05) is 60.8 Å². The first-order valence-corrected chi connectivity index (χ1v) is 10.4. The van der Waals surface area contributed by atoms with Gasteiger partial charge >= 0.3 is 0 Å². The molecule has 6 nitrogen and oxygen atoms in total. The number of carbonyl (C=O) groups excluding carboxylic acids is 2. The van der Waals surface area contributed by atoms with Crippen LogP contribution in [0.3, 0.4) is 0 Å². The largest absolute Gasteiger partial charge is 0.492 e. The minimum atomic E-state index is -0.407. The van der Waals surface area contributed by atoms with E-state index in [-0.39, 0.29) is 18.2 Å². The van der Waals surface area contributed by atoms with Crippen LogP contribution in [0.25, 0.3) is 10.6 Å². The highest BCUT2D eigenvalue weighted by molar-refractivity contribution is 7.13. The van der Waals surface area contributed by atoms with Crippen LogP contribution < -0.4 is 15.0 Å². The van der Waals surface area contributed by atoms with Crippen molar-refractivity contribution in [2.24, 2.45) is 5.92 Å². The number of carbonyl (C=O) groups is 2. The van der Waals surface area contributed by atoms with Crippen molar-refractivity contribution in [1.29, 1.82) is 0 Å². The van der Waals surface area contributed by atoms with E-state index in [1.165, 1.54) is 0 Å². The molecule has 7 heteroatoms. The van der Waals surface area contributed by atoms with E-state index >= 15 is 0 Å². The monoisotopic (exact) mass is 407 g/mol. The molecule has 2 amide bonds. The molecule has 1 aliphatic rings. The highest BCUT2D eigenvalue weighted by atomic mass is 32.1. The van der Waals surface area contributed by atoms with Crippen molar-refractivity contribution in [2.75, 3.05) is 23.4 Å². The molecule has 1 N–H and O–H groups in total. The molecule has 4 rings (SSSR count). The summed E-state index contributed by atoms with van der Waals surface area (Å²) >= 11 is 1.57. The van der Waals surface area contributed by atoms with E-state index in [2.05, 4.69) is 10.3 Å². The summed E-state index contributed by atoms with van der Waals surface area (Å²) < 4.78 is 5.63. The minimum absolute atomic E-state index is 0.0728. The van der Waals surface area contributed by atoms with Gasteiger partial charge in [0.25, 0.3) is 0 Å². The van der Waals surface area contributed by atoms with Crippen LogP contribution in [-0.2, 0) is 9.59 Å². The third kappa shape index (κ3) is 4.14. The summed E-state index contributed by atoms with van der Waals surface area (Å²) in [6.07, 6.45) is 1.95. The van der Waals surface area contributed by atoms with Crippen molar-refractivity contribution in [1.82, 2.24) is 4.98 Å². The van der Waals surface area contributed by atoms with Gasteiger partial charge in [0.2, 0.25) is 11.8 Å². The molecular formula is C22H21N3O3S. The maximum atomic E-state index is 12.7. The molecule has 1 atom stereocenters. The lowest BCUT2D eigenvalue weighted by Gasteiger charge is -2.20. The Hall–Kier alpha value is -3.19. The van der Waals surface area contributed by atoms with Crippen molar-refractivity contribution < 1.29 is 14.3 Å². The summed E-state index contributed by atoms with van der Waals surface area (Å²) in [5.74, 6) is 0.0196. The molecule has 3 aromatic rings. The van der Waals surface area contributed by atoms with E-state index in [0.29, 0.717) is 30.3 Å². The summed E-state index contributed by atoms with van der Waals surface area (Å²) in [5.41, 5.74) is 2.42. The molecule has 2 aromatic carbocycles. The lowest BCUT2D eigenvalue weighted by Crippen LogP contribution is -2.28. The van der Waals surface area contributed by atoms with Crippen LogP contribution >= 0.6 is 11.3 Å². The topological polar surface area (TPSA) is 71.5 Å². The van der Waals surface area contributed by atoms with Crippen molar-refractivity contribution in [2.45, 2.75) is 13.3 Å². The van der Waals surface area contributed by atoms with Gasteiger partial charge in [-0.3, -0.25) is 9.59 Å². The van der Waals surface area contributed by atoms with Crippen LogP contribution in [0.4, 0.5) is 11.4 Å². The van der Waals surface area contributed by atoms with Crippen LogP contribution in [0.1, 0.15) is 13.3 Å². The normalized spacial score (nSPS) is 16.1. The maximum Gasteiger partial charge on any atom is 0.229 e. The zero-order valence-electron chi connectivity index (χ0n) is 16.0. The number of thiazole rings is 1. The van der Waals surface area contributed by atoms with Gasteiger partial charge in [0.1, 0.15) is 10.8 Å². The Balaban J connectivity index is 1.43. The number of amides is 2. The van der Waals surface area contributed by atoms with Gasteiger partial charge in [-0.15, -0.1) is 11.3 Å². The van der Waals surface area contributed by atoms with Crippen LogP contribution in [0, 0.1) is 5.92 Å². The Morgan fingerprint density at radius 2 is 2.03 bits per heavy atom. The second-order valence-electron chi connectivity index (χ2n) is 6.71. The molecule has 1 saturated heterocycles. The molecule has 2 heterocycles. The number of nitrogens with one attached hydrogen (secondary N) is 1. The molecule has 1 aliphatic heterocycles. The Bertz CT molecular complexity index is 1000. The second-order valence-corrected chi connectivity index (χ2v) is 7.60. The van der Waals surface area contributed by atoms with Crippen molar-refractivity contribution in [3.05, 3.63) is 60.1 Å². The van der Waals surface area contributed by atoms with Crippen molar-refractivity contribution in [3.8, 4) is 16.3 Å². The van der Waals surface area contributed by atoms with Crippen molar-refractivity contribution in [3.63, 3.8) is 0 Å². The first kappa shape index (κ1) is 19.1. The lowest BCUT2D eigenvalue weighted by atomic mass is 10.1. The molecule has 1 fully saturated rings. The van der Waals surface area contributed by atoms with Gasteiger partial charge in [-0.1, -0.05) is 12.1 Å². The van der Waals surface area contributed by atoms with E-state index in [9.17, 15) is 9.59 Å². The number of aromatic nitrogens is 1.